The lowest BCUT2D eigenvalue weighted by Gasteiger charge is -2.11. The van der Waals surface area contributed by atoms with E-state index in [0.717, 1.165) is 7.11 Å². The van der Waals surface area contributed by atoms with Crippen molar-refractivity contribution in [1.29, 1.82) is 0 Å². The van der Waals surface area contributed by atoms with Gasteiger partial charge in [-0.1, -0.05) is 23.2 Å². The van der Waals surface area contributed by atoms with Crippen LogP contribution in [0.5, 0.6) is 0 Å². The first-order valence-corrected chi connectivity index (χ1v) is 5.22. The second-order valence-electron chi connectivity index (χ2n) is 3.10. The molecule has 1 atom stereocenters. The predicted octanol–water partition coefficient (Wildman–Crippen LogP) is 2.03. The first-order valence-electron chi connectivity index (χ1n) is 4.46. The number of aliphatic carboxylic acids is 1. The summed E-state index contributed by atoms with van der Waals surface area (Å²) in [6.07, 6.45) is -1.58. The fourth-order valence-corrected chi connectivity index (χ4v) is 1.68. The molecule has 0 heterocycles. The molecule has 0 radical (unpaired) electrons. The lowest BCUT2D eigenvalue weighted by atomic mass is 10.3. The number of carbonyl (C=O) groups is 2. The molecule has 0 bridgehead atoms. The monoisotopic (exact) mass is 277 g/mol. The quantitative estimate of drug-likeness (QED) is 0.826. The van der Waals surface area contributed by atoms with Gasteiger partial charge in [-0.25, -0.2) is 4.79 Å². The van der Waals surface area contributed by atoms with Crippen molar-refractivity contribution in [2.45, 2.75) is 6.10 Å². The van der Waals surface area contributed by atoms with Crippen LogP contribution < -0.4 is 5.32 Å². The molecule has 5 nitrogen and oxygen atoms in total. The number of nitrogens with one attached hydrogen (secondary N) is 1. The number of benzene rings is 1. The molecular weight excluding hydrogens is 269 g/mol. The lowest BCUT2D eigenvalue weighted by Crippen LogP contribution is -2.36. The van der Waals surface area contributed by atoms with Gasteiger partial charge in [-0.2, -0.15) is 0 Å². The fraction of sp³-hybridized carbons (Fsp3) is 0.200. The van der Waals surface area contributed by atoms with Gasteiger partial charge in [-0.05, 0) is 18.2 Å². The standard InChI is InChI=1S/C10H9Cl2NO4/c1-17-8(10(15)16)9(14)13-7-3-5(11)2-6(12)4-7/h2-4,8H,1H3,(H,13,14)(H,15,16). The molecule has 1 aromatic carbocycles. The summed E-state index contributed by atoms with van der Waals surface area (Å²) < 4.78 is 4.53. The van der Waals surface area contributed by atoms with Gasteiger partial charge in [0.05, 0.1) is 0 Å². The normalized spacial score (nSPS) is 11.9. The molecule has 0 aromatic heterocycles. The van der Waals surface area contributed by atoms with E-state index in [9.17, 15) is 9.59 Å². The first-order chi connectivity index (χ1) is 7.93. The first kappa shape index (κ1) is 13.8. The van der Waals surface area contributed by atoms with Crippen LogP contribution in [0.2, 0.25) is 10.0 Å². The molecule has 17 heavy (non-hydrogen) atoms. The Morgan fingerprint density at radius 1 is 1.29 bits per heavy atom. The maximum atomic E-state index is 11.5. The number of carboxylic acid groups (broad SMARTS) is 1. The smallest absolute Gasteiger partial charge is 0.342 e. The molecule has 92 valence electrons. The molecule has 0 saturated carbocycles. The van der Waals surface area contributed by atoms with Crippen molar-refractivity contribution in [2.75, 3.05) is 12.4 Å². The number of amides is 1. The van der Waals surface area contributed by atoms with Gasteiger partial charge in [0.25, 0.3) is 5.91 Å². The highest BCUT2D eigenvalue weighted by atomic mass is 35.5. The van der Waals surface area contributed by atoms with Crippen LogP contribution in [0.4, 0.5) is 5.69 Å². The van der Waals surface area contributed by atoms with Crippen molar-refractivity contribution in [3.05, 3.63) is 28.2 Å². The molecule has 1 rings (SSSR count). The van der Waals surface area contributed by atoms with Gasteiger partial charge in [0.2, 0.25) is 6.10 Å². The van der Waals surface area contributed by atoms with E-state index in [2.05, 4.69) is 10.1 Å². The Balaban J connectivity index is 2.83. The second-order valence-corrected chi connectivity index (χ2v) is 3.97. The van der Waals surface area contributed by atoms with Gasteiger partial charge < -0.3 is 15.2 Å². The molecular formula is C10H9Cl2NO4. The van der Waals surface area contributed by atoms with E-state index in [1.165, 1.54) is 18.2 Å². The fourth-order valence-electron chi connectivity index (χ4n) is 1.15. The lowest BCUT2D eigenvalue weighted by molar-refractivity contribution is -0.153. The predicted molar refractivity (Wildman–Crippen MR) is 63.5 cm³/mol. The molecule has 1 aromatic rings. The summed E-state index contributed by atoms with van der Waals surface area (Å²) in [5.74, 6) is -2.18. The van der Waals surface area contributed by atoms with Crippen molar-refractivity contribution >= 4 is 40.8 Å². The maximum Gasteiger partial charge on any atom is 0.342 e. The Bertz CT molecular complexity index is 430. The minimum absolute atomic E-state index is 0.302. The van der Waals surface area contributed by atoms with Crippen LogP contribution in [0.3, 0.4) is 0 Å². The highest BCUT2D eigenvalue weighted by Crippen LogP contribution is 2.22. The van der Waals surface area contributed by atoms with E-state index < -0.39 is 18.0 Å². The summed E-state index contributed by atoms with van der Waals surface area (Å²) in [7, 11) is 1.13. The van der Waals surface area contributed by atoms with Crippen LogP contribution in [0.15, 0.2) is 18.2 Å². The Hall–Kier alpha value is -1.30. The topological polar surface area (TPSA) is 75.6 Å². The van der Waals surface area contributed by atoms with E-state index >= 15 is 0 Å². The van der Waals surface area contributed by atoms with E-state index in [0.29, 0.717) is 15.7 Å². The van der Waals surface area contributed by atoms with Crippen molar-refractivity contribution in [3.8, 4) is 0 Å². The molecule has 7 heteroatoms. The number of anilines is 1. The third-order valence-corrected chi connectivity index (χ3v) is 2.26. The molecule has 0 saturated heterocycles. The van der Waals surface area contributed by atoms with Gasteiger partial charge in [0.15, 0.2) is 0 Å². The second kappa shape index (κ2) is 5.86. The zero-order valence-corrected chi connectivity index (χ0v) is 10.2. The number of ether oxygens (including phenoxy) is 1. The largest absolute Gasteiger partial charge is 0.479 e. The van der Waals surface area contributed by atoms with Crippen molar-refractivity contribution in [3.63, 3.8) is 0 Å². The molecule has 1 unspecified atom stereocenters. The maximum absolute atomic E-state index is 11.5. The third-order valence-electron chi connectivity index (χ3n) is 1.83. The number of rotatable bonds is 4. The van der Waals surface area contributed by atoms with E-state index in [-0.39, 0.29) is 0 Å². The Kier molecular flexibility index (Phi) is 4.74. The number of halogens is 2. The molecule has 2 N–H and O–H groups in total. The number of carbonyl (C=O) groups excluding carboxylic acids is 1. The van der Waals surface area contributed by atoms with E-state index in [4.69, 9.17) is 28.3 Å². The van der Waals surface area contributed by atoms with Crippen LogP contribution in [0, 0.1) is 0 Å². The Morgan fingerprint density at radius 3 is 2.24 bits per heavy atom. The van der Waals surface area contributed by atoms with Crippen molar-refractivity contribution in [2.24, 2.45) is 0 Å². The minimum atomic E-state index is -1.58. The summed E-state index contributed by atoms with van der Waals surface area (Å²) >= 11 is 11.5. The highest BCUT2D eigenvalue weighted by Gasteiger charge is 2.25. The van der Waals surface area contributed by atoms with Crippen molar-refractivity contribution < 1.29 is 19.4 Å². The van der Waals surface area contributed by atoms with E-state index in [1.807, 2.05) is 0 Å². The zero-order valence-electron chi connectivity index (χ0n) is 8.74. The number of hydrogen-bond acceptors (Lipinski definition) is 3. The van der Waals surface area contributed by atoms with E-state index in [1.54, 1.807) is 0 Å². The van der Waals surface area contributed by atoms with Gasteiger partial charge >= 0.3 is 5.97 Å². The van der Waals surface area contributed by atoms with Crippen molar-refractivity contribution in [1.82, 2.24) is 0 Å². The summed E-state index contributed by atoms with van der Waals surface area (Å²) in [4.78, 5) is 22.2. The van der Waals surface area contributed by atoms with Crippen LogP contribution in [-0.4, -0.2) is 30.2 Å². The Morgan fingerprint density at radius 2 is 1.82 bits per heavy atom. The van der Waals surface area contributed by atoms with Gasteiger partial charge in [-0.3, -0.25) is 4.79 Å². The van der Waals surface area contributed by atoms with Gasteiger partial charge in [-0.15, -0.1) is 0 Å². The third kappa shape index (κ3) is 3.89. The summed E-state index contributed by atoms with van der Waals surface area (Å²) in [5, 5.41) is 11.7. The average Bonchev–Trinajstić information content (AvgIpc) is 2.15. The molecule has 0 aliphatic rings. The van der Waals surface area contributed by atoms with Crippen LogP contribution in [-0.2, 0) is 14.3 Å². The highest BCUT2D eigenvalue weighted by molar-refractivity contribution is 6.35. The van der Waals surface area contributed by atoms with Gasteiger partial charge in [0.1, 0.15) is 0 Å². The Labute approximate surface area is 107 Å². The minimum Gasteiger partial charge on any atom is -0.479 e. The molecule has 0 aliphatic heterocycles. The summed E-state index contributed by atoms with van der Waals surface area (Å²) in [6.45, 7) is 0. The number of hydrogen-bond donors (Lipinski definition) is 2. The molecule has 0 aliphatic carbocycles. The zero-order chi connectivity index (χ0) is 13.0. The van der Waals surface area contributed by atoms with Crippen LogP contribution in [0.25, 0.3) is 0 Å². The van der Waals surface area contributed by atoms with Crippen LogP contribution >= 0.6 is 23.2 Å². The molecule has 0 spiro atoms. The number of methoxy groups -OCH3 is 1. The number of carboxylic acids is 1. The molecule has 0 fully saturated rings. The van der Waals surface area contributed by atoms with Crippen LogP contribution in [0.1, 0.15) is 0 Å². The SMILES string of the molecule is COC(C(=O)O)C(=O)Nc1cc(Cl)cc(Cl)c1. The summed E-state index contributed by atoms with van der Waals surface area (Å²) in [6, 6.07) is 4.38. The average molecular weight is 278 g/mol. The van der Waals surface area contributed by atoms with Gasteiger partial charge in [0, 0.05) is 22.8 Å². The summed E-state index contributed by atoms with van der Waals surface area (Å²) in [5.41, 5.74) is 0.302. The molecule has 1 amide bonds.